The summed E-state index contributed by atoms with van der Waals surface area (Å²) in [6, 6.07) is 9.23. The molecule has 0 radical (unpaired) electrons. The number of carbonyl (C=O) groups excluding carboxylic acids is 1. The molecule has 3 rings (SSSR count). The Kier molecular flexibility index (Phi) is 5.65. The Bertz CT molecular complexity index is 896. The summed E-state index contributed by atoms with van der Waals surface area (Å²) in [7, 11) is -3.19. The number of Topliss-reactive ketones (excluding diaryl/α,β-unsaturated/α-hetero) is 1. The van der Waals surface area contributed by atoms with Crippen LogP contribution >= 0.6 is 11.3 Å². The van der Waals surface area contributed by atoms with Gasteiger partial charge in [-0.1, -0.05) is 32.9 Å². The van der Waals surface area contributed by atoms with Gasteiger partial charge in [0.15, 0.2) is 9.84 Å². The van der Waals surface area contributed by atoms with Crippen molar-refractivity contribution in [2.24, 2.45) is 5.92 Å². The van der Waals surface area contributed by atoms with Gasteiger partial charge in [0, 0.05) is 35.2 Å². The Balaban J connectivity index is 1.64. The van der Waals surface area contributed by atoms with Crippen molar-refractivity contribution in [3.63, 3.8) is 0 Å². The van der Waals surface area contributed by atoms with Gasteiger partial charge in [-0.25, -0.2) is 8.42 Å². The second kappa shape index (κ2) is 7.62. The van der Waals surface area contributed by atoms with E-state index in [1.165, 1.54) is 10.4 Å². The van der Waals surface area contributed by atoms with Crippen molar-refractivity contribution in [2.75, 3.05) is 5.75 Å². The molecule has 140 valence electrons. The molecule has 1 aromatic heterocycles. The van der Waals surface area contributed by atoms with Crippen LogP contribution in [0.2, 0.25) is 0 Å². The van der Waals surface area contributed by atoms with Crippen LogP contribution < -0.4 is 5.32 Å². The number of ketones is 1. The first-order valence-electron chi connectivity index (χ1n) is 8.98. The van der Waals surface area contributed by atoms with Gasteiger partial charge >= 0.3 is 0 Å². The summed E-state index contributed by atoms with van der Waals surface area (Å²) in [5.74, 6) is 0.780. The summed E-state index contributed by atoms with van der Waals surface area (Å²) in [4.78, 5) is 15.2. The fourth-order valence-corrected chi connectivity index (χ4v) is 5.65. The highest BCUT2D eigenvalue weighted by Gasteiger charge is 2.27. The zero-order valence-electron chi connectivity index (χ0n) is 15.4. The number of nitrogens with one attached hydrogen (secondary N) is 1. The van der Waals surface area contributed by atoms with E-state index in [4.69, 9.17) is 0 Å². The predicted octanol–water partition coefficient (Wildman–Crippen LogP) is 3.70. The molecule has 1 unspecified atom stereocenters. The van der Waals surface area contributed by atoms with E-state index in [-0.39, 0.29) is 11.5 Å². The summed E-state index contributed by atoms with van der Waals surface area (Å²) in [5, 5.41) is 3.52. The van der Waals surface area contributed by atoms with Crippen LogP contribution in [0.25, 0.3) is 0 Å². The van der Waals surface area contributed by atoms with Gasteiger partial charge in [-0.05, 0) is 35.2 Å². The molecule has 1 N–H and O–H groups in total. The van der Waals surface area contributed by atoms with Gasteiger partial charge in [0.05, 0.1) is 10.6 Å². The minimum absolute atomic E-state index is 0.0839. The lowest BCUT2D eigenvalue weighted by Gasteiger charge is -2.14. The average Bonchev–Trinajstić information content (AvgIpc) is 3.14. The molecule has 4 nitrogen and oxygen atoms in total. The minimum Gasteiger partial charge on any atom is -0.305 e. The van der Waals surface area contributed by atoms with Crippen molar-refractivity contribution >= 4 is 27.0 Å². The first-order chi connectivity index (χ1) is 12.3. The highest BCUT2D eigenvalue weighted by Crippen LogP contribution is 2.37. The van der Waals surface area contributed by atoms with Gasteiger partial charge in [-0.3, -0.25) is 4.79 Å². The van der Waals surface area contributed by atoms with E-state index in [0.717, 1.165) is 17.0 Å². The van der Waals surface area contributed by atoms with Gasteiger partial charge in [0.1, 0.15) is 5.78 Å². The molecule has 1 aliphatic heterocycles. The van der Waals surface area contributed by atoms with E-state index in [2.05, 4.69) is 25.2 Å². The number of hydrogen-bond donors (Lipinski definition) is 1. The zero-order chi connectivity index (χ0) is 18.9. The lowest BCUT2D eigenvalue weighted by atomic mass is 10.0. The Morgan fingerprint density at radius 3 is 2.54 bits per heavy atom. The monoisotopic (exact) mass is 391 g/mol. The molecule has 0 fully saturated rings. The molecule has 0 aliphatic carbocycles. The van der Waals surface area contributed by atoms with E-state index in [1.807, 2.05) is 0 Å². The third-order valence-corrected chi connectivity index (χ3v) is 7.80. The molecule has 6 heteroatoms. The van der Waals surface area contributed by atoms with E-state index in [1.54, 1.807) is 42.5 Å². The predicted molar refractivity (Wildman–Crippen MR) is 105 cm³/mol. The van der Waals surface area contributed by atoms with Gasteiger partial charge in [-0.2, -0.15) is 0 Å². The molecule has 0 spiro atoms. The van der Waals surface area contributed by atoms with Crippen LogP contribution in [-0.2, 0) is 34.0 Å². The van der Waals surface area contributed by atoms with Crippen molar-refractivity contribution in [3.8, 4) is 0 Å². The van der Waals surface area contributed by atoms with Gasteiger partial charge in [-0.15, -0.1) is 11.3 Å². The average molecular weight is 392 g/mol. The van der Waals surface area contributed by atoms with Crippen LogP contribution in [0, 0.1) is 5.92 Å². The van der Waals surface area contributed by atoms with Crippen molar-refractivity contribution in [1.82, 2.24) is 5.32 Å². The molecule has 26 heavy (non-hydrogen) atoms. The number of sulfone groups is 1. The third-order valence-electron chi connectivity index (χ3n) is 4.79. The Hall–Kier alpha value is -1.50. The molecule has 1 aliphatic rings. The normalized spacial score (nSPS) is 16.8. The lowest BCUT2D eigenvalue weighted by Crippen LogP contribution is -2.17. The molecule has 1 atom stereocenters. The topological polar surface area (TPSA) is 63.2 Å². The number of hydrogen-bond acceptors (Lipinski definition) is 5. The maximum absolute atomic E-state index is 12.4. The summed E-state index contributed by atoms with van der Waals surface area (Å²) in [6.07, 6.45) is 0.776. The third kappa shape index (κ3) is 4.08. The van der Waals surface area contributed by atoms with Crippen LogP contribution in [0.5, 0.6) is 0 Å². The molecule has 0 amide bonds. The highest BCUT2D eigenvalue weighted by molar-refractivity contribution is 7.91. The molecular weight excluding hydrogens is 366 g/mol. The molecule has 2 aromatic rings. The largest absolute Gasteiger partial charge is 0.305 e. The molecule has 0 saturated carbocycles. The van der Waals surface area contributed by atoms with Crippen LogP contribution in [0.1, 0.15) is 47.7 Å². The maximum Gasteiger partial charge on any atom is 0.178 e. The maximum atomic E-state index is 12.4. The fraction of sp³-hybridized carbons (Fsp3) is 0.450. The highest BCUT2D eigenvalue weighted by atomic mass is 32.2. The summed E-state index contributed by atoms with van der Waals surface area (Å²) in [6.45, 7) is 6.93. The first-order valence-corrected chi connectivity index (χ1v) is 11.4. The summed E-state index contributed by atoms with van der Waals surface area (Å²) in [5.41, 5.74) is 2.18. The first kappa shape index (κ1) is 19.3. The van der Waals surface area contributed by atoms with Crippen molar-refractivity contribution in [2.45, 2.75) is 51.1 Å². The van der Waals surface area contributed by atoms with Crippen molar-refractivity contribution in [3.05, 3.63) is 51.2 Å². The number of carbonyl (C=O) groups is 1. The Morgan fingerprint density at radius 2 is 1.92 bits per heavy atom. The SMILES string of the molecule is CCS(=O)(=O)c1ccc(CC(=O)Cc2cc3c(s2)C(C(C)C)NC3)cc1. The number of thiophene rings is 1. The van der Waals surface area contributed by atoms with Gasteiger partial charge in [0.25, 0.3) is 0 Å². The van der Waals surface area contributed by atoms with Crippen LogP contribution in [0.15, 0.2) is 35.2 Å². The molecule has 2 heterocycles. The number of rotatable bonds is 7. The minimum atomic E-state index is -3.19. The molecule has 1 aromatic carbocycles. The zero-order valence-corrected chi connectivity index (χ0v) is 17.0. The second-order valence-electron chi connectivity index (χ2n) is 7.14. The fourth-order valence-electron chi connectivity index (χ4n) is 3.31. The van der Waals surface area contributed by atoms with Crippen LogP contribution in [-0.4, -0.2) is 20.0 Å². The second-order valence-corrected chi connectivity index (χ2v) is 10.6. The molecule has 0 bridgehead atoms. The van der Waals surface area contributed by atoms with Gasteiger partial charge in [0.2, 0.25) is 0 Å². The van der Waals surface area contributed by atoms with E-state index in [9.17, 15) is 13.2 Å². The Labute approximate surface area is 159 Å². The standard InChI is InChI=1S/C20H25NO3S2/c1-4-26(23,24)18-7-5-14(6-8-18)9-16(22)11-17-10-15-12-21-19(13(2)3)20(15)25-17/h5-8,10,13,19,21H,4,9,11-12H2,1-3H3. The molecular formula is C20H25NO3S2. The van der Waals surface area contributed by atoms with Crippen LogP contribution in [0.3, 0.4) is 0 Å². The van der Waals surface area contributed by atoms with Crippen LogP contribution in [0.4, 0.5) is 0 Å². The summed E-state index contributed by atoms with van der Waals surface area (Å²) < 4.78 is 23.7. The molecule has 0 saturated heterocycles. The van der Waals surface area contributed by atoms with Crippen molar-refractivity contribution in [1.29, 1.82) is 0 Å². The lowest BCUT2D eigenvalue weighted by molar-refractivity contribution is -0.117. The van der Waals surface area contributed by atoms with Crippen molar-refractivity contribution < 1.29 is 13.2 Å². The van der Waals surface area contributed by atoms with E-state index >= 15 is 0 Å². The summed E-state index contributed by atoms with van der Waals surface area (Å²) >= 11 is 1.74. The quantitative estimate of drug-likeness (QED) is 0.782. The smallest absolute Gasteiger partial charge is 0.178 e. The van der Waals surface area contributed by atoms with Gasteiger partial charge < -0.3 is 5.32 Å². The number of benzene rings is 1. The Morgan fingerprint density at radius 1 is 1.23 bits per heavy atom. The van der Waals surface area contributed by atoms with E-state index in [0.29, 0.717) is 29.7 Å². The van der Waals surface area contributed by atoms with E-state index < -0.39 is 9.84 Å². The number of fused-ring (bicyclic) bond motifs is 1.